The van der Waals surface area contributed by atoms with Crippen LogP contribution in [0.5, 0.6) is 0 Å². The topological polar surface area (TPSA) is 72.3 Å². The van der Waals surface area contributed by atoms with Crippen molar-refractivity contribution in [3.8, 4) is 5.82 Å². The van der Waals surface area contributed by atoms with Gasteiger partial charge in [0.2, 0.25) is 5.28 Å². The summed E-state index contributed by atoms with van der Waals surface area (Å²) >= 11 is 5.88. The molecule has 0 aliphatic carbocycles. The largest absolute Gasteiger partial charge is 0.340 e. The second kappa shape index (κ2) is 3.81. The Morgan fingerprint density at radius 2 is 2.24 bits per heavy atom. The van der Waals surface area contributed by atoms with E-state index in [2.05, 4.69) is 24.9 Å². The molecule has 0 aromatic carbocycles. The summed E-state index contributed by atoms with van der Waals surface area (Å²) < 4.78 is 1.88. The molecule has 0 aliphatic heterocycles. The molecular formula is C10H9ClN6. The Bertz CT molecular complexity index is 670. The number of aromatic amines is 1. The average Bonchev–Trinajstić information content (AvgIpc) is 2.95. The normalized spacial score (nSPS) is 11.2. The van der Waals surface area contributed by atoms with E-state index in [9.17, 15) is 0 Å². The molecule has 0 radical (unpaired) electrons. The molecule has 0 fully saturated rings. The number of hydrogen-bond donors (Lipinski definition) is 1. The average molecular weight is 249 g/mol. The van der Waals surface area contributed by atoms with Gasteiger partial charge in [-0.2, -0.15) is 9.97 Å². The van der Waals surface area contributed by atoms with E-state index in [1.54, 1.807) is 12.5 Å². The van der Waals surface area contributed by atoms with Crippen molar-refractivity contribution in [3.05, 3.63) is 29.8 Å². The molecule has 1 N–H and O–H groups in total. The predicted molar refractivity (Wildman–Crippen MR) is 63.2 cm³/mol. The lowest BCUT2D eigenvalue weighted by molar-refractivity contribution is 0.868. The van der Waals surface area contributed by atoms with Gasteiger partial charge in [-0.1, -0.05) is 6.92 Å². The molecule has 0 spiro atoms. The second-order valence-electron chi connectivity index (χ2n) is 3.48. The van der Waals surface area contributed by atoms with Crippen molar-refractivity contribution in [2.75, 3.05) is 0 Å². The molecule has 3 aromatic rings. The van der Waals surface area contributed by atoms with Gasteiger partial charge < -0.3 is 4.98 Å². The predicted octanol–water partition coefficient (Wildman–Crippen LogP) is 1.75. The SMILES string of the molecule is CCc1nccn1-c1nc(Cl)nc2nc[nH]c12. The summed E-state index contributed by atoms with van der Waals surface area (Å²) in [5.74, 6) is 1.59. The molecule has 0 atom stereocenters. The number of rotatable bonds is 2. The van der Waals surface area contributed by atoms with Crippen LogP contribution >= 0.6 is 11.6 Å². The zero-order chi connectivity index (χ0) is 11.8. The van der Waals surface area contributed by atoms with Gasteiger partial charge in [-0.25, -0.2) is 9.97 Å². The minimum atomic E-state index is 0.176. The van der Waals surface area contributed by atoms with Crippen molar-refractivity contribution in [3.63, 3.8) is 0 Å². The molecule has 6 nitrogen and oxygen atoms in total. The Morgan fingerprint density at radius 3 is 3.06 bits per heavy atom. The standard InChI is InChI=1S/C10H9ClN6/c1-2-6-12-3-4-17(6)9-7-8(14-5-13-7)15-10(11)16-9/h3-5H,2H2,1H3,(H,13,14,15,16). The van der Waals surface area contributed by atoms with Crippen LogP contribution in [0.2, 0.25) is 5.28 Å². The van der Waals surface area contributed by atoms with Gasteiger partial charge in [0.25, 0.3) is 0 Å². The van der Waals surface area contributed by atoms with Gasteiger partial charge in [0.05, 0.1) is 6.33 Å². The number of fused-ring (bicyclic) bond motifs is 1. The number of imidazole rings is 2. The summed E-state index contributed by atoms with van der Waals surface area (Å²) in [6, 6.07) is 0. The van der Waals surface area contributed by atoms with Crippen molar-refractivity contribution in [1.29, 1.82) is 0 Å². The molecule has 3 heterocycles. The Labute approximate surface area is 102 Å². The van der Waals surface area contributed by atoms with Crippen molar-refractivity contribution < 1.29 is 0 Å². The summed E-state index contributed by atoms with van der Waals surface area (Å²) in [5, 5.41) is 0.176. The van der Waals surface area contributed by atoms with E-state index in [-0.39, 0.29) is 5.28 Å². The fourth-order valence-corrected chi connectivity index (χ4v) is 1.92. The molecule has 0 amide bonds. The van der Waals surface area contributed by atoms with Crippen LogP contribution in [0.15, 0.2) is 18.7 Å². The number of nitrogens with zero attached hydrogens (tertiary/aromatic N) is 5. The lowest BCUT2D eigenvalue weighted by Gasteiger charge is -2.06. The van der Waals surface area contributed by atoms with Crippen LogP contribution in [-0.4, -0.2) is 29.5 Å². The maximum Gasteiger partial charge on any atom is 0.226 e. The molecule has 7 heteroatoms. The summed E-state index contributed by atoms with van der Waals surface area (Å²) in [4.78, 5) is 19.6. The van der Waals surface area contributed by atoms with Crippen molar-refractivity contribution in [1.82, 2.24) is 29.5 Å². The first-order chi connectivity index (χ1) is 8.29. The maximum atomic E-state index is 5.88. The number of hydrogen-bond acceptors (Lipinski definition) is 4. The molecule has 86 valence electrons. The third kappa shape index (κ3) is 1.57. The highest BCUT2D eigenvalue weighted by atomic mass is 35.5. The minimum absolute atomic E-state index is 0.176. The zero-order valence-electron chi connectivity index (χ0n) is 9.05. The van der Waals surface area contributed by atoms with Gasteiger partial charge in [-0.15, -0.1) is 0 Å². The Balaban J connectivity index is 2.32. The van der Waals surface area contributed by atoms with E-state index in [1.807, 2.05) is 17.7 Å². The third-order valence-electron chi connectivity index (χ3n) is 2.50. The minimum Gasteiger partial charge on any atom is -0.340 e. The molecule has 0 saturated heterocycles. The highest BCUT2D eigenvalue weighted by molar-refractivity contribution is 6.28. The van der Waals surface area contributed by atoms with E-state index in [4.69, 9.17) is 11.6 Å². The van der Waals surface area contributed by atoms with Crippen LogP contribution in [-0.2, 0) is 6.42 Å². The van der Waals surface area contributed by atoms with Gasteiger partial charge in [0.1, 0.15) is 11.3 Å². The van der Waals surface area contributed by atoms with Crippen LogP contribution in [0.3, 0.4) is 0 Å². The summed E-state index contributed by atoms with van der Waals surface area (Å²) in [7, 11) is 0. The number of nitrogens with one attached hydrogen (secondary N) is 1. The smallest absolute Gasteiger partial charge is 0.226 e. The van der Waals surface area contributed by atoms with Crippen LogP contribution < -0.4 is 0 Å². The molecule has 3 aromatic heterocycles. The fourth-order valence-electron chi connectivity index (χ4n) is 1.76. The number of halogens is 1. The molecule has 0 bridgehead atoms. The number of H-pyrrole nitrogens is 1. The highest BCUT2D eigenvalue weighted by Gasteiger charge is 2.12. The van der Waals surface area contributed by atoms with Gasteiger partial charge in [-0.05, 0) is 11.6 Å². The zero-order valence-corrected chi connectivity index (χ0v) is 9.81. The number of aromatic nitrogens is 6. The molecule has 17 heavy (non-hydrogen) atoms. The Morgan fingerprint density at radius 1 is 1.35 bits per heavy atom. The molecular weight excluding hydrogens is 240 g/mol. The molecule has 3 rings (SSSR count). The summed E-state index contributed by atoms with van der Waals surface area (Å²) in [5.41, 5.74) is 1.30. The summed E-state index contributed by atoms with van der Waals surface area (Å²) in [6.07, 6.45) is 5.96. The van der Waals surface area contributed by atoms with Crippen molar-refractivity contribution in [2.45, 2.75) is 13.3 Å². The van der Waals surface area contributed by atoms with Gasteiger partial charge in [-0.3, -0.25) is 4.57 Å². The van der Waals surface area contributed by atoms with Crippen molar-refractivity contribution >= 4 is 22.8 Å². The van der Waals surface area contributed by atoms with E-state index < -0.39 is 0 Å². The monoisotopic (exact) mass is 248 g/mol. The lowest BCUT2D eigenvalue weighted by Crippen LogP contribution is -2.03. The molecule has 0 aliphatic rings. The van der Waals surface area contributed by atoms with Gasteiger partial charge in [0.15, 0.2) is 11.5 Å². The highest BCUT2D eigenvalue weighted by Crippen LogP contribution is 2.19. The third-order valence-corrected chi connectivity index (χ3v) is 2.67. The molecule has 0 unspecified atom stereocenters. The first-order valence-corrected chi connectivity index (χ1v) is 5.56. The van der Waals surface area contributed by atoms with Crippen LogP contribution in [0.4, 0.5) is 0 Å². The number of aryl methyl sites for hydroxylation is 1. The fraction of sp³-hybridized carbons (Fsp3) is 0.200. The Hall–Kier alpha value is -1.95. The first-order valence-electron chi connectivity index (χ1n) is 5.19. The maximum absolute atomic E-state index is 5.88. The second-order valence-corrected chi connectivity index (χ2v) is 3.82. The summed E-state index contributed by atoms with van der Waals surface area (Å²) in [6.45, 7) is 2.03. The van der Waals surface area contributed by atoms with E-state index in [1.165, 1.54) is 0 Å². The molecule has 0 saturated carbocycles. The van der Waals surface area contributed by atoms with Gasteiger partial charge >= 0.3 is 0 Å². The van der Waals surface area contributed by atoms with Crippen LogP contribution in [0, 0.1) is 0 Å². The van der Waals surface area contributed by atoms with Crippen molar-refractivity contribution in [2.24, 2.45) is 0 Å². The lowest BCUT2D eigenvalue weighted by atomic mass is 10.4. The van der Waals surface area contributed by atoms with Crippen LogP contribution in [0.25, 0.3) is 17.0 Å². The van der Waals surface area contributed by atoms with Gasteiger partial charge in [0, 0.05) is 18.8 Å². The first kappa shape index (κ1) is 10.2. The Kier molecular flexibility index (Phi) is 2.29. The quantitative estimate of drug-likeness (QED) is 0.702. The van der Waals surface area contributed by atoms with E-state index in [0.29, 0.717) is 11.5 Å². The van der Waals surface area contributed by atoms with E-state index in [0.717, 1.165) is 17.8 Å². The van der Waals surface area contributed by atoms with Crippen LogP contribution in [0.1, 0.15) is 12.7 Å². The van der Waals surface area contributed by atoms with E-state index >= 15 is 0 Å².